The molecule has 0 spiro atoms. The fourth-order valence-electron chi connectivity index (χ4n) is 2.05. The van der Waals surface area contributed by atoms with Crippen LogP contribution in [0.5, 0.6) is 0 Å². The second-order valence-electron chi connectivity index (χ2n) is 5.17. The summed E-state index contributed by atoms with van der Waals surface area (Å²) in [5.74, 6) is 0.664. The van der Waals surface area contributed by atoms with Gasteiger partial charge in [0.05, 0.1) is 0 Å². The molecule has 0 bridgehead atoms. The largest absolute Gasteiger partial charge is 0.343 e. The standard InChI is InChI=1S/C11H21NO/c1-5-12-7-6-9(10(12)13)8-11(2,3)4/h9H,5-8H2,1-4H3. The monoisotopic (exact) mass is 183 g/mol. The van der Waals surface area contributed by atoms with Gasteiger partial charge in [-0.1, -0.05) is 20.8 Å². The molecule has 2 heteroatoms. The topological polar surface area (TPSA) is 20.3 Å². The van der Waals surface area contributed by atoms with E-state index in [4.69, 9.17) is 0 Å². The van der Waals surface area contributed by atoms with Crippen molar-refractivity contribution < 1.29 is 4.79 Å². The van der Waals surface area contributed by atoms with Crippen LogP contribution in [0.3, 0.4) is 0 Å². The fraction of sp³-hybridized carbons (Fsp3) is 0.909. The maximum Gasteiger partial charge on any atom is 0.225 e. The first kappa shape index (κ1) is 10.6. The Morgan fingerprint density at radius 1 is 1.46 bits per heavy atom. The van der Waals surface area contributed by atoms with Crippen molar-refractivity contribution in [1.29, 1.82) is 0 Å². The van der Waals surface area contributed by atoms with Crippen molar-refractivity contribution in [3.8, 4) is 0 Å². The average Bonchev–Trinajstić information content (AvgIpc) is 2.30. The summed E-state index contributed by atoms with van der Waals surface area (Å²) in [4.78, 5) is 13.7. The minimum absolute atomic E-state index is 0.282. The predicted molar refractivity (Wildman–Crippen MR) is 54.4 cm³/mol. The summed E-state index contributed by atoms with van der Waals surface area (Å²) < 4.78 is 0. The van der Waals surface area contributed by atoms with E-state index in [2.05, 4.69) is 27.7 Å². The first-order valence-electron chi connectivity index (χ1n) is 5.23. The molecule has 1 fully saturated rings. The molecule has 1 saturated heterocycles. The van der Waals surface area contributed by atoms with E-state index in [1.807, 2.05) is 4.90 Å². The van der Waals surface area contributed by atoms with Crippen molar-refractivity contribution in [3.63, 3.8) is 0 Å². The van der Waals surface area contributed by atoms with Crippen LogP contribution in [0.4, 0.5) is 0 Å². The Balaban J connectivity index is 2.51. The van der Waals surface area contributed by atoms with Crippen LogP contribution in [0.15, 0.2) is 0 Å². The van der Waals surface area contributed by atoms with Gasteiger partial charge in [-0.3, -0.25) is 4.79 Å². The van der Waals surface area contributed by atoms with E-state index in [1.54, 1.807) is 0 Å². The predicted octanol–water partition coefficient (Wildman–Crippen LogP) is 2.29. The zero-order valence-corrected chi connectivity index (χ0v) is 9.26. The molecule has 1 atom stereocenters. The van der Waals surface area contributed by atoms with E-state index in [0.29, 0.717) is 11.8 Å². The highest BCUT2D eigenvalue weighted by atomic mass is 16.2. The van der Waals surface area contributed by atoms with Crippen molar-refractivity contribution in [2.24, 2.45) is 11.3 Å². The summed E-state index contributed by atoms with van der Waals surface area (Å²) >= 11 is 0. The number of carbonyl (C=O) groups is 1. The number of likely N-dealkylation sites (tertiary alicyclic amines) is 1. The Bertz CT molecular complexity index is 193. The second kappa shape index (κ2) is 3.69. The Hall–Kier alpha value is -0.530. The van der Waals surface area contributed by atoms with Gasteiger partial charge in [-0.25, -0.2) is 0 Å². The SMILES string of the molecule is CCN1CCC(CC(C)(C)C)C1=O. The zero-order valence-electron chi connectivity index (χ0n) is 9.26. The summed E-state index contributed by atoms with van der Waals surface area (Å²) in [6.07, 6.45) is 2.09. The molecule has 0 aromatic carbocycles. The normalized spacial score (nSPS) is 24.2. The summed E-state index contributed by atoms with van der Waals surface area (Å²) in [7, 11) is 0. The van der Waals surface area contributed by atoms with E-state index >= 15 is 0 Å². The molecule has 0 saturated carbocycles. The van der Waals surface area contributed by atoms with E-state index < -0.39 is 0 Å². The van der Waals surface area contributed by atoms with Gasteiger partial charge in [0.2, 0.25) is 5.91 Å². The lowest BCUT2D eigenvalue weighted by atomic mass is 9.84. The molecule has 0 aliphatic carbocycles. The Labute approximate surface area is 81.3 Å². The smallest absolute Gasteiger partial charge is 0.225 e. The molecular formula is C11H21NO. The lowest BCUT2D eigenvalue weighted by molar-refractivity contribution is -0.131. The van der Waals surface area contributed by atoms with E-state index in [-0.39, 0.29) is 5.41 Å². The molecule has 1 aliphatic rings. The fourth-order valence-corrected chi connectivity index (χ4v) is 2.05. The molecule has 13 heavy (non-hydrogen) atoms. The molecule has 1 rings (SSSR count). The van der Waals surface area contributed by atoms with Gasteiger partial charge in [-0.2, -0.15) is 0 Å². The molecule has 76 valence electrons. The van der Waals surface area contributed by atoms with Crippen LogP contribution >= 0.6 is 0 Å². The third kappa shape index (κ3) is 2.71. The Kier molecular flexibility index (Phi) is 2.99. The van der Waals surface area contributed by atoms with Gasteiger partial charge in [0.25, 0.3) is 0 Å². The maximum absolute atomic E-state index is 11.7. The van der Waals surface area contributed by atoms with Crippen molar-refractivity contribution in [3.05, 3.63) is 0 Å². The van der Waals surface area contributed by atoms with Gasteiger partial charge in [-0.05, 0) is 25.2 Å². The first-order valence-corrected chi connectivity index (χ1v) is 5.23. The maximum atomic E-state index is 11.7. The minimum Gasteiger partial charge on any atom is -0.343 e. The summed E-state index contributed by atoms with van der Waals surface area (Å²) in [6, 6.07) is 0. The highest BCUT2D eigenvalue weighted by Gasteiger charge is 2.33. The Morgan fingerprint density at radius 2 is 2.08 bits per heavy atom. The van der Waals surface area contributed by atoms with Gasteiger partial charge >= 0.3 is 0 Å². The highest BCUT2D eigenvalue weighted by Crippen LogP contribution is 2.30. The highest BCUT2D eigenvalue weighted by molar-refractivity contribution is 5.80. The summed E-state index contributed by atoms with van der Waals surface area (Å²) in [5.41, 5.74) is 0.282. The minimum atomic E-state index is 0.282. The molecule has 0 N–H and O–H groups in total. The van der Waals surface area contributed by atoms with Crippen LogP contribution in [0.2, 0.25) is 0 Å². The van der Waals surface area contributed by atoms with Gasteiger partial charge in [-0.15, -0.1) is 0 Å². The third-order valence-electron chi connectivity index (χ3n) is 2.65. The number of rotatable bonds is 2. The quantitative estimate of drug-likeness (QED) is 0.643. The van der Waals surface area contributed by atoms with Crippen LogP contribution in [-0.4, -0.2) is 23.9 Å². The molecule has 2 nitrogen and oxygen atoms in total. The number of carbonyl (C=O) groups excluding carboxylic acids is 1. The molecular weight excluding hydrogens is 162 g/mol. The van der Waals surface area contributed by atoms with Crippen LogP contribution in [0.1, 0.15) is 40.5 Å². The third-order valence-corrected chi connectivity index (χ3v) is 2.65. The van der Waals surface area contributed by atoms with Crippen LogP contribution in [-0.2, 0) is 4.79 Å². The molecule has 1 aliphatic heterocycles. The lowest BCUT2D eigenvalue weighted by Gasteiger charge is -2.22. The molecule has 1 amide bonds. The number of amides is 1. The molecule has 0 aromatic heterocycles. The van der Waals surface area contributed by atoms with E-state index in [1.165, 1.54) is 0 Å². The molecule has 1 unspecified atom stereocenters. The molecule has 0 aromatic rings. The van der Waals surface area contributed by atoms with Crippen molar-refractivity contribution in [1.82, 2.24) is 4.90 Å². The van der Waals surface area contributed by atoms with E-state index in [9.17, 15) is 4.79 Å². The van der Waals surface area contributed by atoms with E-state index in [0.717, 1.165) is 25.9 Å². The van der Waals surface area contributed by atoms with Crippen molar-refractivity contribution in [2.45, 2.75) is 40.5 Å². The van der Waals surface area contributed by atoms with Crippen molar-refractivity contribution in [2.75, 3.05) is 13.1 Å². The summed E-state index contributed by atoms with van der Waals surface area (Å²) in [6.45, 7) is 10.5. The van der Waals surface area contributed by atoms with Gasteiger partial charge in [0.1, 0.15) is 0 Å². The van der Waals surface area contributed by atoms with Crippen LogP contribution < -0.4 is 0 Å². The molecule has 1 heterocycles. The van der Waals surface area contributed by atoms with Crippen LogP contribution in [0.25, 0.3) is 0 Å². The zero-order chi connectivity index (χ0) is 10.1. The average molecular weight is 183 g/mol. The number of hydrogen-bond acceptors (Lipinski definition) is 1. The first-order chi connectivity index (χ1) is 5.94. The van der Waals surface area contributed by atoms with Crippen molar-refractivity contribution >= 4 is 5.91 Å². The van der Waals surface area contributed by atoms with Crippen LogP contribution in [0, 0.1) is 11.3 Å². The number of hydrogen-bond donors (Lipinski definition) is 0. The molecule has 0 radical (unpaired) electrons. The summed E-state index contributed by atoms with van der Waals surface area (Å²) in [5, 5.41) is 0. The van der Waals surface area contributed by atoms with Gasteiger partial charge in [0.15, 0.2) is 0 Å². The van der Waals surface area contributed by atoms with Gasteiger partial charge < -0.3 is 4.90 Å². The number of nitrogens with zero attached hydrogens (tertiary/aromatic N) is 1. The van der Waals surface area contributed by atoms with Gasteiger partial charge in [0, 0.05) is 19.0 Å². The Morgan fingerprint density at radius 3 is 2.46 bits per heavy atom. The lowest BCUT2D eigenvalue weighted by Crippen LogP contribution is -2.28. The second-order valence-corrected chi connectivity index (χ2v) is 5.17.